The summed E-state index contributed by atoms with van der Waals surface area (Å²) in [6.07, 6.45) is 9.38. The van der Waals surface area contributed by atoms with Gasteiger partial charge in [0.2, 0.25) is 0 Å². The van der Waals surface area contributed by atoms with Gasteiger partial charge in [-0.25, -0.2) is 0 Å². The van der Waals surface area contributed by atoms with Crippen LogP contribution >= 0.6 is 0 Å². The Labute approximate surface area is 77.1 Å². The molecule has 0 N–H and O–H groups in total. The zero-order valence-corrected chi connectivity index (χ0v) is 8.77. The molecule has 1 rings (SSSR count). The Morgan fingerprint density at radius 3 is 2.67 bits per heavy atom. The highest BCUT2D eigenvalue weighted by molar-refractivity contribution is 5.02. The van der Waals surface area contributed by atoms with Gasteiger partial charge in [-0.1, -0.05) is 31.9 Å². The van der Waals surface area contributed by atoms with Gasteiger partial charge in [-0.2, -0.15) is 0 Å². The molecule has 12 heavy (non-hydrogen) atoms. The van der Waals surface area contributed by atoms with Gasteiger partial charge >= 0.3 is 0 Å². The van der Waals surface area contributed by atoms with E-state index in [1.807, 2.05) is 0 Å². The average molecular weight is 166 g/mol. The van der Waals surface area contributed by atoms with Gasteiger partial charge in [0.25, 0.3) is 0 Å². The van der Waals surface area contributed by atoms with E-state index in [2.05, 4.69) is 26.8 Å². The minimum absolute atomic E-state index is 0.874. The van der Waals surface area contributed by atoms with Crippen LogP contribution in [0.3, 0.4) is 0 Å². The van der Waals surface area contributed by atoms with Gasteiger partial charge in [-0.3, -0.25) is 0 Å². The van der Waals surface area contributed by atoms with E-state index < -0.39 is 0 Å². The molecule has 1 aliphatic carbocycles. The maximum atomic E-state index is 2.45. The second kappa shape index (κ2) is 4.69. The molecule has 0 saturated heterocycles. The molecular formula is C12H22. The van der Waals surface area contributed by atoms with Crippen molar-refractivity contribution in [3.8, 4) is 0 Å². The third-order valence-electron chi connectivity index (χ3n) is 2.87. The molecule has 1 aliphatic rings. The first-order chi connectivity index (χ1) is 5.72. The lowest BCUT2D eigenvalue weighted by atomic mass is 10.0. The maximum absolute atomic E-state index is 2.45. The summed E-state index contributed by atoms with van der Waals surface area (Å²) in [5, 5.41) is 0. The van der Waals surface area contributed by atoms with Crippen molar-refractivity contribution in [3.05, 3.63) is 11.6 Å². The van der Waals surface area contributed by atoms with Gasteiger partial charge in [0.1, 0.15) is 0 Å². The molecule has 0 bridgehead atoms. The standard InChI is InChI=1S/C12H22/c1-4-10(2)5-6-11(3)9-12-7-8-12/h6,10,12H,4-5,7-9H2,1-3H3. The molecule has 0 aromatic heterocycles. The Bertz CT molecular complexity index is 151. The Balaban J connectivity index is 2.14. The van der Waals surface area contributed by atoms with Gasteiger partial charge in [-0.15, -0.1) is 0 Å². The highest BCUT2D eigenvalue weighted by Crippen LogP contribution is 2.35. The second-order valence-corrected chi connectivity index (χ2v) is 4.45. The van der Waals surface area contributed by atoms with E-state index in [9.17, 15) is 0 Å². The van der Waals surface area contributed by atoms with Gasteiger partial charge in [0.15, 0.2) is 0 Å². The fourth-order valence-corrected chi connectivity index (χ4v) is 1.43. The monoisotopic (exact) mass is 166 g/mol. The zero-order valence-electron chi connectivity index (χ0n) is 8.77. The topological polar surface area (TPSA) is 0 Å². The van der Waals surface area contributed by atoms with Crippen LogP contribution in [0, 0.1) is 11.8 Å². The van der Waals surface area contributed by atoms with Crippen molar-refractivity contribution in [1.29, 1.82) is 0 Å². The summed E-state index contributed by atoms with van der Waals surface area (Å²) in [5.74, 6) is 1.93. The van der Waals surface area contributed by atoms with Gasteiger partial charge in [-0.05, 0) is 44.4 Å². The molecule has 1 saturated carbocycles. The van der Waals surface area contributed by atoms with E-state index in [1.54, 1.807) is 5.57 Å². The number of hydrogen-bond acceptors (Lipinski definition) is 0. The van der Waals surface area contributed by atoms with Crippen LogP contribution in [0.15, 0.2) is 11.6 Å². The molecule has 0 heteroatoms. The highest BCUT2D eigenvalue weighted by atomic mass is 14.3. The molecule has 0 aromatic rings. The van der Waals surface area contributed by atoms with Crippen LogP contribution in [0.4, 0.5) is 0 Å². The molecule has 0 amide bonds. The van der Waals surface area contributed by atoms with Crippen LogP contribution in [-0.2, 0) is 0 Å². The van der Waals surface area contributed by atoms with Crippen molar-refractivity contribution in [2.24, 2.45) is 11.8 Å². The largest absolute Gasteiger partial charge is 0.0853 e. The summed E-state index contributed by atoms with van der Waals surface area (Å²) >= 11 is 0. The van der Waals surface area contributed by atoms with E-state index in [1.165, 1.54) is 32.1 Å². The zero-order chi connectivity index (χ0) is 8.97. The van der Waals surface area contributed by atoms with Crippen molar-refractivity contribution in [2.75, 3.05) is 0 Å². The number of allylic oxidation sites excluding steroid dienone is 2. The number of rotatable bonds is 5. The Hall–Kier alpha value is -0.260. The summed E-state index contributed by atoms with van der Waals surface area (Å²) in [5.41, 5.74) is 1.62. The minimum atomic E-state index is 0.874. The lowest BCUT2D eigenvalue weighted by Gasteiger charge is -2.05. The van der Waals surface area contributed by atoms with Crippen molar-refractivity contribution < 1.29 is 0 Å². The molecule has 0 aromatic carbocycles. The molecule has 1 unspecified atom stereocenters. The lowest BCUT2D eigenvalue weighted by molar-refractivity contribution is 0.569. The summed E-state index contributed by atoms with van der Waals surface area (Å²) in [7, 11) is 0. The third kappa shape index (κ3) is 3.94. The Kier molecular flexibility index (Phi) is 3.84. The Morgan fingerprint density at radius 2 is 2.17 bits per heavy atom. The average Bonchev–Trinajstić information content (AvgIpc) is 2.84. The minimum Gasteiger partial charge on any atom is -0.0853 e. The second-order valence-electron chi connectivity index (χ2n) is 4.45. The Morgan fingerprint density at radius 1 is 1.50 bits per heavy atom. The van der Waals surface area contributed by atoms with Crippen LogP contribution in [0.2, 0.25) is 0 Å². The summed E-state index contributed by atoms with van der Waals surface area (Å²) in [4.78, 5) is 0. The predicted molar refractivity (Wildman–Crippen MR) is 55.2 cm³/mol. The van der Waals surface area contributed by atoms with Crippen LogP contribution in [0.1, 0.15) is 52.9 Å². The molecule has 0 radical (unpaired) electrons. The highest BCUT2D eigenvalue weighted by Gasteiger charge is 2.20. The molecule has 0 aliphatic heterocycles. The number of hydrogen-bond donors (Lipinski definition) is 0. The summed E-state index contributed by atoms with van der Waals surface area (Å²) < 4.78 is 0. The van der Waals surface area contributed by atoms with Gasteiger partial charge in [0, 0.05) is 0 Å². The molecule has 1 atom stereocenters. The van der Waals surface area contributed by atoms with Crippen LogP contribution in [-0.4, -0.2) is 0 Å². The molecular weight excluding hydrogens is 144 g/mol. The molecule has 0 spiro atoms. The summed E-state index contributed by atoms with van der Waals surface area (Å²) in [6.45, 7) is 6.90. The van der Waals surface area contributed by atoms with E-state index in [0.717, 1.165) is 11.8 Å². The predicted octanol–water partition coefficient (Wildman–Crippen LogP) is 4.17. The van der Waals surface area contributed by atoms with Crippen LogP contribution < -0.4 is 0 Å². The normalized spacial score (nSPS) is 21.1. The maximum Gasteiger partial charge on any atom is -0.0295 e. The first-order valence-corrected chi connectivity index (χ1v) is 5.38. The first-order valence-electron chi connectivity index (χ1n) is 5.38. The quantitative estimate of drug-likeness (QED) is 0.538. The molecule has 70 valence electrons. The fraction of sp³-hybridized carbons (Fsp3) is 0.833. The van der Waals surface area contributed by atoms with Crippen molar-refractivity contribution in [2.45, 2.75) is 52.9 Å². The van der Waals surface area contributed by atoms with Crippen LogP contribution in [0.25, 0.3) is 0 Å². The third-order valence-corrected chi connectivity index (χ3v) is 2.87. The van der Waals surface area contributed by atoms with Crippen molar-refractivity contribution in [3.63, 3.8) is 0 Å². The molecule has 0 heterocycles. The van der Waals surface area contributed by atoms with Crippen molar-refractivity contribution >= 4 is 0 Å². The molecule has 1 fully saturated rings. The first kappa shape index (κ1) is 9.83. The van der Waals surface area contributed by atoms with Crippen LogP contribution in [0.5, 0.6) is 0 Å². The smallest absolute Gasteiger partial charge is 0.0295 e. The SMILES string of the molecule is CCC(C)CC=C(C)CC1CC1. The van der Waals surface area contributed by atoms with Crippen molar-refractivity contribution in [1.82, 2.24) is 0 Å². The van der Waals surface area contributed by atoms with E-state index in [4.69, 9.17) is 0 Å². The van der Waals surface area contributed by atoms with Gasteiger partial charge < -0.3 is 0 Å². The summed E-state index contributed by atoms with van der Waals surface area (Å²) in [6, 6.07) is 0. The van der Waals surface area contributed by atoms with E-state index >= 15 is 0 Å². The fourth-order valence-electron chi connectivity index (χ4n) is 1.43. The lowest BCUT2D eigenvalue weighted by Crippen LogP contribution is -1.89. The molecule has 0 nitrogen and oxygen atoms in total. The van der Waals surface area contributed by atoms with Gasteiger partial charge in [0.05, 0.1) is 0 Å². The van der Waals surface area contributed by atoms with E-state index in [-0.39, 0.29) is 0 Å². The van der Waals surface area contributed by atoms with E-state index in [0.29, 0.717) is 0 Å².